The van der Waals surface area contributed by atoms with E-state index in [9.17, 15) is 9.59 Å². The van der Waals surface area contributed by atoms with E-state index in [1.165, 1.54) is 11.6 Å². The molecule has 2 heterocycles. The fraction of sp³-hybridized carbons (Fsp3) is 0.333. The number of amides is 1. The number of piperazine rings is 1. The largest absolute Gasteiger partial charge is 0.481 e. The molecule has 3 aromatic rings. The quantitative estimate of drug-likeness (QED) is 0.609. The lowest BCUT2D eigenvalue weighted by molar-refractivity contribution is -0.139. The summed E-state index contributed by atoms with van der Waals surface area (Å²) in [7, 11) is 0. The number of hydrogen-bond acceptors (Lipinski definition) is 5. The van der Waals surface area contributed by atoms with Crippen molar-refractivity contribution < 1.29 is 13.9 Å². The van der Waals surface area contributed by atoms with Crippen LogP contribution in [0, 0.1) is 6.92 Å². The molecule has 0 radical (unpaired) electrons. The first-order chi connectivity index (χ1) is 14.5. The standard InChI is InChI=1S/C24H26N2O4/c1-17-14-23(27)30-22-15-20(8-9-21(17)22)29-18(2)24(28)26-12-10-25(11-13-26)16-19-6-4-3-5-7-19/h3-9,14-15,18H,10-13,16H2,1-2H3/t18-/m1/s1. The Bertz CT molecular complexity index is 1090. The average molecular weight is 406 g/mol. The molecule has 0 unspecified atom stereocenters. The summed E-state index contributed by atoms with van der Waals surface area (Å²) >= 11 is 0. The van der Waals surface area contributed by atoms with Crippen LogP contribution in [0.2, 0.25) is 0 Å². The summed E-state index contributed by atoms with van der Waals surface area (Å²) in [6.45, 7) is 7.58. The molecule has 1 fully saturated rings. The van der Waals surface area contributed by atoms with E-state index in [2.05, 4.69) is 17.0 Å². The van der Waals surface area contributed by atoms with Gasteiger partial charge in [-0.15, -0.1) is 0 Å². The van der Waals surface area contributed by atoms with Gasteiger partial charge in [-0.2, -0.15) is 0 Å². The molecule has 1 atom stereocenters. The van der Waals surface area contributed by atoms with Crippen molar-refractivity contribution in [3.63, 3.8) is 0 Å². The molecule has 6 nitrogen and oxygen atoms in total. The highest BCUT2D eigenvalue weighted by atomic mass is 16.5. The number of hydrogen-bond donors (Lipinski definition) is 0. The number of carbonyl (C=O) groups excluding carboxylic acids is 1. The second-order valence-corrected chi connectivity index (χ2v) is 7.75. The Labute approximate surface area is 175 Å². The van der Waals surface area contributed by atoms with Gasteiger partial charge in [0, 0.05) is 50.2 Å². The summed E-state index contributed by atoms with van der Waals surface area (Å²) in [5.41, 5.74) is 2.21. The molecule has 1 aliphatic rings. The Morgan fingerprint density at radius 3 is 2.53 bits per heavy atom. The number of benzene rings is 2. The normalized spacial score (nSPS) is 15.9. The predicted molar refractivity (Wildman–Crippen MR) is 116 cm³/mol. The van der Waals surface area contributed by atoms with Crippen molar-refractivity contribution in [3.8, 4) is 5.75 Å². The van der Waals surface area contributed by atoms with Crippen molar-refractivity contribution in [2.24, 2.45) is 0 Å². The van der Waals surface area contributed by atoms with Crippen molar-refractivity contribution >= 4 is 16.9 Å². The van der Waals surface area contributed by atoms with Gasteiger partial charge in [0.15, 0.2) is 6.10 Å². The lowest BCUT2D eigenvalue weighted by Gasteiger charge is -2.35. The van der Waals surface area contributed by atoms with Crippen LogP contribution in [-0.2, 0) is 11.3 Å². The molecule has 156 valence electrons. The molecule has 2 aromatic carbocycles. The van der Waals surface area contributed by atoms with Crippen LogP contribution in [0.5, 0.6) is 5.75 Å². The summed E-state index contributed by atoms with van der Waals surface area (Å²) in [5, 5.41) is 0.857. The smallest absolute Gasteiger partial charge is 0.336 e. The van der Waals surface area contributed by atoms with Crippen molar-refractivity contribution in [3.05, 3.63) is 76.1 Å². The molecule has 4 rings (SSSR count). The topological polar surface area (TPSA) is 63.0 Å². The molecule has 1 aromatic heterocycles. The van der Waals surface area contributed by atoms with E-state index in [-0.39, 0.29) is 5.91 Å². The molecule has 1 aliphatic heterocycles. The van der Waals surface area contributed by atoms with Crippen LogP contribution >= 0.6 is 0 Å². The van der Waals surface area contributed by atoms with Crippen molar-refractivity contribution in [2.75, 3.05) is 26.2 Å². The molecule has 0 aliphatic carbocycles. The number of fused-ring (bicyclic) bond motifs is 1. The lowest BCUT2D eigenvalue weighted by Crippen LogP contribution is -2.51. The minimum atomic E-state index is -0.611. The molecular weight excluding hydrogens is 380 g/mol. The lowest BCUT2D eigenvalue weighted by atomic mass is 10.1. The van der Waals surface area contributed by atoms with Gasteiger partial charge in [0.1, 0.15) is 11.3 Å². The second kappa shape index (κ2) is 8.71. The molecule has 6 heteroatoms. The summed E-state index contributed by atoms with van der Waals surface area (Å²) in [6.07, 6.45) is -0.611. The van der Waals surface area contributed by atoms with E-state index < -0.39 is 11.7 Å². The third-order valence-electron chi connectivity index (χ3n) is 5.52. The molecule has 0 N–H and O–H groups in total. The minimum absolute atomic E-state index is 0.0276. The van der Waals surface area contributed by atoms with Gasteiger partial charge in [0.2, 0.25) is 0 Å². The van der Waals surface area contributed by atoms with Crippen LogP contribution in [0.1, 0.15) is 18.1 Å². The van der Waals surface area contributed by atoms with Crippen LogP contribution in [0.15, 0.2) is 63.8 Å². The molecular formula is C24H26N2O4. The highest BCUT2D eigenvalue weighted by Gasteiger charge is 2.26. The van der Waals surface area contributed by atoms with Crippen molar-refractivity contribution in [1.82, 2.24) is 9.80 Å². The Hall–Kier alpha value is -3.12. The molecule has 0 bridgehead atoms. The van der Waals surface area contributed by atoms with Gasteiger partial charge in [0.05, 0.1) is 0 Å². The minimum Gasteiger partial charge on any atom is -0.481 e. The Morgan fingerprint density at radius 1 is 1.07 bits per heavy atom. The number of carbonyl (C=O) groups is 1. The molecule has 0 saturated carbocycles. The maximum Gasteiger partial charge on any atom is 0.336 e. The summed E-state index contributed by atoms with van der Waals surface area (Å²) in [6, 6.07) is 17.2. The van der Waals surface area contributed by atoms with Crippen LogP contribution in [0.4, 0.5) is 0 Å². The van der Waals surface area contributed by atoms with Gasteiger partial charge in [-0.05, 0) is 37.1 Å². The van der Waals surface area contributed by atoms with Gasteiger partial charge >= 0.3 is 5.63 Å². The zero-order chi connectivity index (χ0) is 21.1. The maximum absolute atomic E-state index is 12.8. The number of ether oxygens (including phenoxy) is 1. The molecule has 0 spiro atoms. The number of nitrogens with zero attached hydrogens (tertiary/aromatic N) is 2. The monoisotopic (exact) mass is 406 g/mol. The SMILES string of the molecule is Cc1cc(=O)oc2cc(O[C@H](C)C(=O)N3CCN(Cc4ccccc4)CC3)ccc12. The van der Waals surface area contributed by atoms with Gasteiger partial charge in [-0.25, -0.2) is 4.79 Å². The fourth-order valence-corrected chi connectivity index (χ4v) is 3.86. The van der Waals surface area contributed by atoms with Crippen molar-refractivity contribution in [1.29, 1.82) is 0 Å². The summed E-state index contributed by atoms with van der Waals surface area (Å²) in [4.78, 5) is 28.7. The van der Waals surface area contributed by atoms with Gasteiger partial charge in [0.25, 0.3) is 5.91 Å². The first-order valence-corrected chi connectivity index (χ1v) is 10.3. The maximum atomic E-state index is 12.8. The average Bonchev–Trinajstić information content (AvgIpc) is 2.74. The number of rotatable bonds is 5. The highest BCUT2D eigenvalue weighted by molar-refractivity contribution is 5.83. The predicted octanol–water partition coefficient (Wildman–Crippen LogP) is 3.21. The van der Waals surface area contributed by atoms with E-state index in [4.69, 9.17) is 9.15 Å². The van der Waals surface area contributed by atoms with Gasteiger partial charge in [-0.3, -0.25) is 9.69 Å². The number of aryl methyl sites for hydroxylation is 1. The van der Waals surface area contributed by atoms with Crippen LogP contribution in [0.3, 0.4) is 0 Å². The summed E-state index contributed by atoms with van der Waals surface area (Å²) in [5.74, 6) is 0.486. The van der Waals surface area contributed by atoms with Gasteiger partial charge in [-0.1, -0.05) is 30.3 Å². The zero-order valence-electron chi connectivity index (χ0n) is 17.3. The van der Waals surface area contributed by atoms with E-state index in [1.807, 2.05) is 36.1 Å². The summed E-state index contributed by atoms with van der Waals surface area (Å²) < 4.78 is 11.1. The molecule has 1 saturated heterocycles. The fourth-order valence-electron chi connectivity index (χ4n) is 3.86. The van der Waals surface area contributed by atoms with E-state index in [1.54, 1.807) is 19.1 Å². The van der Waals surface area contributed by atoms with E-state index >= 15 is 0 Å². The second-order valence-electron chi connectivity index (χ2n) is 7.75. The van der Waals surface area contributed by atoms with Crippen LogP contribution in [0.25, 0.3) is 11.0 Å². The van der Waals surface area contributed by atoms with E-state index in [0.29, 0.717) is 24.4 Å². The molecule has 1 amide bonds. The first kappa shape index (κ1) is 20.2. The van der Waals surface area contributed by atoms with Crippen molar-refractivity contribution in [2.45, 2.75) is 26.5 Å². The van der Waals surface area contributed by atoms with E-state index in [0.717, 1.165) is 30.6 Å². The van der Waals surface area contributed by atoms with Gasteiger partial charge < -0.3 is 14.1 Å². The Balaban J connectivity index is 1.35. The third kappa shape index (κ3) is 4.54. The third-order valence-corrected chi connectivity index (χ3v) is 5.52. The Kier molecular flexibility index (Phi) is 5.86. The van der Waals surface area contributed by atoms with Crippen LogP contribution in [-0.4, -0.2) is 48.0 Å². The molecule has 30 heavy (non-hydrogen) atoms. The Morgan fingerprint density at radius 2 is 1.80 bits per heavy atom. The highest BCUT2D eigenvalue weighted by Crippen LogP contribution is 2.23. The first-order valence-electron chi connectivity index (χ1n) is 10.3. The zero-order valence-corrected chi connectivity index (χ0v) is 17.3. The van der Waals surface area contributed by atoms with Crippen LogP contribution < -0.4 is 10.4 Å².